The Labute approximate surface area is 135 Å². The second-order valence-electron chi connectivity index (χ2n) is 5.56. The molecule has 0 spiro atoms. The van der Waals surface area contributed by atoms with Crippen LogP contribution in [0.25, 0.3) is 0 Å². The van der Waals surface area contributed by atoms with Gasteiger partial charge in [-0.1, -0.05) is 37.9 Å². The number of nitrogens with zero attached hydrogens (tertiary/aromatic N) is 1. The van der Waals surface area contributed by atoms with Gasteiger partial charge in [-0.15, -0.1) is 23.5 Å². The zero-order valence-corrected chi connectivity index (χ0v) is 14.3. The van der Waals surface area contributed by atoms with Gasteiger partial charge in [0.1, 0.15) is 0 Å². The van der Waals surface area contributed by atoms with Crippen molar-refractivity contribution >= 4 is 29.4 Å². The van der Waals surface area contributed by atoms with E-state index in [1.54, 1.807) is 11.8 Å². The van der Waals surface area contributed by atoms with E-state index in [2.05, 4.69) is 37.2 Å². The third kappa shape index (κ3) is 4.33. The lowest BCUT2D eigenvalue weighted by molar-refractivity contribution is 0.318. The quantitative estimate of drug-likeness (QED) is 0.274. The van der Waals surface area contributed by atoms with Crippen molar-refractivity contribution in [2.24, 2.45) is 16.8 Å². The van der Waals surface area contributed by atoms with E-state index in [0.717, 1.165) is 27.0 Å². The molecule has 3 nitrogen and oxygen atoms in total. The number of rotatable bonds is 5. The Morgan fingerprint density at radius 1 is 1.38 bits per heavy atom. The van der Waals surface area contributed by atoms with Gasteiger partial charge in [0.2, 0.25) is 0 Å². The highest BCUT2D eigenvalue weighted by atomic mass is 32.2. The highest BCUT2D eigenvalue weighted by Gasteiger charge is 2.22. The second-order valence-corrected chi connectivity index (χ2v) is 8.21. The Morgan fingerprint density at radius 2 is 2.14 bits per heavy atom. The highest BCUT2D eigenvalue weighted by molar-refractivity contribution is 8.00. The minimum atomic E-state index is 0.220. The Balaban J connectivity index is 2.27. The minimum absolute atomic E-state index is 0.220. The fourth-order valence-corrected chi connectivity index (χ4v) is 5.32. The molecule has 0 aliphatic heterocycles. The van der Waals surface area contributed by atoms with Crippen molar-refractivity contribution < 1.29 is 5.21 Å². The maximum absolute atomic E-state index is 9.10. The summed E-state index contributed by atoms with van der Waals surface area (Å²) in [5.74, 6) is 2.00. The van der Waals surface area contributed by atoms with Gasteiger partial charge < -0.3 is 10.9 Å². The lowest BCUT2D eigenvalue weighted by Gasteiger charge is -2.27. The van der Waals surface area contributed by atoms with Gasteiger partial charge in [0.05, 0.1) is 0 Å². The van der Waals surface area contributed by atoms with Gasteiger partial charge >= 0.3 is 0 Å². The summed E-state index contributed by atoms with van der Waals surface area (Å²) in [6.07, 6.45) is 5.16. The summed E-state index contributed by atoms with van der Waals surface area (Å²) in [5.41, 5.74) is 6.83. The van der Waals surface area contributed by atoms with E-state index in [1.165, 1.54) is 25.7 Å². The number of hydrogen-bond acceptors (Lipinski definition) is 4. The zero-order valence-electron chi connectivity index (χ0n) is 12.7. The molecule has 1 aliphatic carbocycles. The maximum atomic E-state index is 9.10. The summed E-state index contributed by atoms with van der Waals surface area (Å²) in [6.45, 7) is 4.45. The predicted octanol–water partition coefficient (Wildman–Crippen LogP) is 4.56. The van der Waals surface area contributed by atoms with Crippen LogP contribution in [0.1, 0.15) is 45.1 Å². The first-order chi connectivity index (χ1) is 10.2. The average molecular weight is 325 g/mol. The molecule has 0 amide bonds. The van der Waals surface area contributed by atoms with Crippen molar-refractivity contribution in [3.63, 3.8) is 0 Å². The fourth-order valence-electron chi connectivity index (χ4n) is 2.85. The summed E-state index contributed by atoms with van der Waals surface area (Å²) in [4.78, 5) is 2.24. The van der Waals surface area contributed by atoms with Crippen molar-refractivity contribution in [3.8, 4) is 0 Å². The van der Waals surface area contributed by atoms with Crippen LogP contribution in [0.2, 0.25) is 0 Å². The predicted molar refractivity (Wildman–Crippen MR) is 92.6 cm³/mol. The Kier molecular flexibility index (Phi) is 6.30. The molecule has 1 aromatic carbocycles. The maximum Gasteiger partial charge on any atom is 0.172 e. The lowest BCUT2D eigenvalue weighted by Crippen LogP contribution is -2.18. The summed E-state index contributed by atoms with van der Waals surface area (Å²) in [6, 6.07) is 6.22. The van der Waals surface area contributed by atoms with Gasteiger partial charge in [-0.05, 0) is 36.6 Å². The monoisotopic (exact) mass is 324 g/mol. The third-order valence-electron chi connectivity index (χ3n) is 3.83. The number of oxime groups is 1. The molecule has 0 aromatic heterocycles. The Hall–Kier alpha value is -0.810. The van der Waals surface area contributed by atoms with E-state index in [4.69, 9.17) is 10.9 Å². The second kappa shape index (κ2) is 7.99. The zero-order chi connectivity index (χ0) is 15.2. The SMILES string of the molecule is CCSc1cccc(SC2CCCC(C)C2)c1/C(N)=N/O. The molecule has 2 atom stereocenters. The lowest BCUT2D eigenvalue weighted by atomic mass is 9.91. The fraction of sp³-hybridized carbons (Fsp3) is 0.562. The van der Waals surface area contributed by atoms with E-state index < -0.39 is 0 Å². The number of amidine groups is 1. The van der Waals surface area contributed by atoms with Crippen molar-refractivity contribution in [3.05, 3.63) is 23.8 Å². The summed E-state index contributed by atoms with van der Waals surface area (Å²) in [5, 5.41) is 13.0. The number of benzene rings is 1. The van der Waals surface area contributed by atoms with Crippen molar-refractivity contribution in [2.45, 2.75) is 54.6 Å². The average Bonchev–Trinajstić information content (AvgIpc) is 2.47. The Morgan fingerprint density at radius 3 is 2.81 bits per heavy atom. The number of thioether (sulfide) groups is 2. The number of hydrogen-bond donors (Lipinski definition) is 2. The summed E-state index contributed by atoms with van der Waals surface area (Å²) >= 11 is 3.63. The van der Waals surface area contributed by atoms with Crippen LogP contribution in [-0.2, 0) is 0 Å². The Bertz CT molecular complexity index is 505. The number of nitrogens with two attached hydrogens (primary N) is 1. The van der Waals surface area contributed by atoms with Gasteiger partial charge in [-0.3, -0.25) is 0 Å². The highest BCUT2D eigenvalue weighted by Crippen LogP contribution is 2.39. The van der Waals surface area contributed by atoms with Gasteiger partial charge in [-0.25, -0.2) is 0 Å². The molecule has 5 heteroatoms. The van der Waals surface area contributed by atoms with Crippen LogP contribution >= 0.6 is 23.5 Å². The van der Waals surface area contributed by atoms with Gasteiger partial charge in [0.15, 0.2) is 5.84 Å². The van der Waals surface area contributed by atoms with Crippen LogP contribution in [-0.4, -0.2) is 22.0 Å². The molecule has 21 heavy (non-hydrogen) atoms. The van der Waals surface area contributed by atoms with Crippen LogP contribution in [0.15, 0.2) is 33.1 Å². The molecule has 3 N–H and O–H groups in total. The topological polar surface area (TPSA) is 58.6 Å². The molecular weight excluding hydrogens is 300 g/mol. The first-order valence-corrected chi connectivity index (χ1v) is 9.42. The molecular formula is C16H24N2OS2. The van der Waals surface area contributed by atoms with Gasteiger partial charge in [0, 0.05) is 20.6 Å². The molecule has 0 radical (unpaired) electrons. The first kappa shape index (κ1) is 16.6. The minimum Gasteiger partial charge on any atom is -0.409 e. The smallest absolute Gasteiger partial charge is 0.172 e. The van der Waals surface area contributed by atoms with E-state index in [9.17, 15) is 0 Å². The molecule has 0 heterocycles. The standard InChI is InChI=1S/C16H24N2OS2/c1-3-20-13-8-5-9-14(15(13)16(17)18-19)21-12-7-4-6-11(2)10-12/h5,8-9,11-12,19H,3-4,6-7,10H2,1-2H3,(H2,17,18). The van der Waals surface area contributed by atoms with E-state index in [0.29, 0.717) is 5.25 Å². The molecule has 1 saturated carbocycles. The van der Waals surface area contributed by atoms with Crippen LogP contribution < -0.4 is 5.73 Å². The molecule has 0 saturated heterocycles. The van der Waals surface area contributed by atoms with Crippen molar-refractivity contribution in [1.82, 2.24) is 0 Å². The third-order valence-corrected chi connectivity index (χ3v) is 6.13. The van der Waals surface area contributed by atoms with Gasteiger partial charge in [-0.2, -0.15) is 0 Å². The normalized spacial score (nSPS) is 23.2. The first-order valence-electron chi connectivity index (χ1n) is 7.56. The van der Waals surface area contributed by atoms with E-state index in [1.807, 2.05) is 11.8 Å². The molecule has 1 fully saturated rings. The summed E-state index contributed by atoms with van der Waals surface area (Å²) < 4.78 is 0. The molecule has 116 valence electrons. The van der Waals surface area contributed by atoms with Crippen molar-refractivity contribution in [1.29, 1.82) is 0 Å². The van der Waals surface area contributed by atoms with Crippen LogP contribution in [0, 0.1) is 5.92 Å². The van der Waals surface area contributed by atoms with Crippen molar-refractivity contribution in [2.75, 3.05) is 5.75 Å². The van der Waals surface area contributed by atoms with Crippen LogP contribution in [0.3, 0.4) is 0 Å². The summed E-state index contributed by atoms with van der Waals surface area (Å²) in [7, 11) is 0. The van der Waals surface area contributed by atoms with Crippen LogP contribution in [0.5, 0.6) is 0 Å². The van der Waals surface area contributed by atoms with Gasteiger partial charge in [0.25, 0.3) is 0 Å². The van der Waals surface area contributed by atoms with Crippen LogP contribution in [0.4, 0.5) is 0 Å². The molecule has 0 bridgehead atoms. The molecule has 2 rings (SSSR count). The van der Waals surface area contributed by atoms with E-state index in [-0.39, 0.29) is 5.84 Å². The molecule has 2 unspecified atom stereocenters. The molecule has 1 aliphatic rings. The van der Waals surface area contributed by atoms with E-state index >= 15 is 0 Å². The largest absolute Gasteiger partial charge is 0.409 e. The molecule has 1 aromatic rings.